The van der Waals surface area contributed by atoms with Crippen LogP contribution in [0.2, 0.25) is 0 Å². The van der Waals surface area contributed by atoms with E-state index in [1.807, 2.05) is 12.1 Å². The molecule has 1 N–H and O–H groups in total. The first-order valence-electron chi connectivity index (χ1n) is 8.52. The molecule has 0 aliphatic heterocycles. The van der Waals surface area contributed by atoms with Crippen molar-refractivity contribution in [1.29, 1.82) is 0 Å². The van der Waals surface area contributed by atoms with Crippen LogP contribution in [0.3, 0.4) is 0 Å². The van der Waals surface area contributed by atoms with E-state index in [-0.39, 0.29) is 11.3 Å². The van der Waals surface area contributed by atoms with Gasteiger partial charge in [0.15, 0.2) is 0 Å². The van der Waals surface area contributed by atoms with Crippen LogP contribution in [0.1, 0.15) is 29.6 Å². The van der Waals surface area contributed by atoms with Gasteiger partial charge in [-0.1, -0.05) is 67.8 Å². The van der Waals surface area contributed by atoms with Crippen molar-refractivity contribution in [2.45, 2.75) is 19.3 Å². The number of carboxylic acid groups (broad SMARTS) is 1. The van der Waals surface area contributed by atoms with E-state index in [0.717, 1.165) is 0 Å². The second-order valence-corrected chi connectivity index (χ2v) is 5.98. The molecule has 4 heteroatoms. The highest BCUT2D eigenvalue weighted by Crippen LogP contribution is 2.35. The second-order valence-electron chi connectivity index (χ2n) is 5.98. The zero-order chi connectivity index (χ0) is 18.4. The molecular formula is C22H19O4-. The molecule has 0 atom stereocenters. The Kier molecular flexibility index (Phi) is 5.54. The Hall–Kier alpha value is -3.27. The minimum Gasteiger partial charge on any atom is -0.872 e. The first-order valence-corrected chi connectivity index (χ1v) is 8.52. The fourth-order valence-electron chi connectivity index (χ4n) is 2.32. The zero-order valence-electron chi connectivity index (χ0n) is 14.2. The number of rotatable bonds is 4. The Balaban J connectivity index is 0.000000592. The Labute approximate surface area is 152 Å². The molecule has 0 aromatic heterocycles. The van der Waals surface area contributed by atoms with Gasteiger partial charge in [0.25, 0.3) is 0 Å². The molecular weight excluding hydrogens is 328 g/mol. The van der Waals surface area contributed by atoms with E-state index < -0.39 is 5.97 Å². The van der Waals surface area contributed by atoms with Gasteiger partial charge in [0, 0.05) is 5.56 Å². The van der Waals surface area contributed by atoms with Crippen LogP contribution in [-0.4, -0.2) is 11.1 Å². The van der Waals surface area contributed by atoms with Gasteiger partial charge in [0.1, 0.15) is 11.5 Å². The van der Waals surface area contributed by atoms with Gasteiger partial charge in [-0.3, -0.25) is 0 Å². The molecule has 3 aromatic rings. The standard InChI is InChI=1S/C19H14O4.C3H6/c20-13-9-11-14(12-10-13)23-18-8-4-3-6-16(18)15-5-1-2-7-17(15)19(21)22;1-2-3-1/h1-12,20H,(H,21,22);1-3H2/p-1. The molecule has 1 fully saturated rings. The van der Waals surface area contributed by atoms with Crippen LogP contribution in [-0.2, 0) is 0 Å². The van der Waals surface area contributed by atoms with E-state index in [0.29, 0.717) is 22.6 Å². The van der Waals surface area contributed by atoms with Crippen molar-refractivity contribution >= 4 is 5.97 Å². The van der Waals surface area contributed by atoms with Crippen molar-refractivity contribution < 1.29 is 19.7 Å². The van der Waals surface area contributed by atoms with E-state index in [4.69, 9.17) is 4.74 Å². The molecule has 3 aromatic carbocycles. The van der Waals surface area contributed by atoms with Crippen molar-refractivity contribution in [3.63, 3.8) is 0 Å². The summed E-state index contributed by atoms with van der Waals surface area (Å²) < 4.78 is 5.82. The van der Waals surface area contributed by atoms with Crippen LogP contribution < -0.4 is 9.84 Å². The maximum absolute atomic E-state index is 11.4. The number of aromatic carboxylic acids is 1. The molecule has 0 bridgehead atoms. The Morgan fingerprint density at radius 2 is 1.38 bits per heavy atom. The van der Waals surface area contributed by atoms with Crippen molar-refractivity contribution in [3.8, 4) is 28.4 Å². The maximum Gasteiger partial charge on any atom is 0.336 e. The fourth-order valence-corrected chi connectivity index (χ4v) is 2.32. The van der Waals surface area contributed by atoms with Crippen molar-refractivity contribution in [2.24, 2.45) is 0 Å². The Morgan fingerprint density at radius 3 is 2.00 bits per heavy atom. The minimum absolute atomic E-state index is 0.0955. The summed E-state index contributed by atoms with van der Waals surface area (Å²) in [7, 11) is 0. The van der Waals surface area contributed by atoms with Gasteiger partial charge >= 0.3 is 5.97 Å². The second kappa shape index (κ2) is 8.21. The van der Waals surface area contributed by atoms with Gasteiger partial charge in [0.2, 0.25) is 0 Å². The summed E-state index contributed by atoms with van der Waals surface area (Å²) >= 11 is 0. The number of hydrogen-bond donors (Lipinski definition) is 1. The average Bonchev–Trinajstić information content (AvgIpc) is 3.53. The fraction of sp³-hybridized carbons (Fsp3) is 0.136. The van der Waals surface area contributed by atoms with Crippen LogP contribution in [0.25, 0.3) is 11.1 Å². The van der Waals surface area contributed by atoms with Crippen LogP contribution in [0, 0.1) is 0 Å². The lowest BCUT2D eigenvalue weighted by Gasteiger charge is -2.14. The number of carboxylic acids is 1. The lowest BCUT2D eigenvalue weighted by atomic mass is 9.99. The molecule has 0 amide bonds. The van der Waals surface area contributed by atoms with Gasteiger partial charge in [0.05, 0.1) is 5.56 Å². The van der Waals surface area contributed by atoms with Gasteiger partial charge < -0.3 is 14.9 Å². The van der Waals surface area contributed by atoms with Gasteiger partial charge in [-0.25, -0.2) is 4.79 Å². The molecule has 0 radical (unpaired) electrons. The predicted octanol–water partition coefficient (Wildman–Crippen LogP) is 5.09. The summed E-state index contributed by atoms with van der Waals surface area (Å²) in [5.74, 6) is -0.0438. The highest BCUT2D eigenvalue weighted by Gasteiger charge is 2.14. The van der Waals surface area contributed by atoms with E-state index in [9.17, 15) is 15.0 Å². The number of hydrogen-bond acceptors (Lipinski definition) is 3. The lowest BCUT2D eigenvalue weighted by Crippen LogP contribution is -2.00. The monoisotopic (exact) mass is 347 g/mol. The third-order valence-electron chi connectivity index (χ3n) is 3.74. The van der Waals surface area contributed by atoms with E-state index in [1.54, 1.807) is 48.5 Å². The molecule has 4 nitrogen and oxygen atoms in total. The van der Waals surface area contributed by atoms with Crippen LogP contribution in [0.4, 0.5) is 0 Å². The third-order valence-corrected chi connectivity index (χ3v) is 3.74. The summed E-state index contributed by atoms with van der Waals surface area (Å²) in [6.07, 6.45) is 4.50. The summed E-state index contributed by atoms with van der Waals surface area (Å²) in [5.41, 5.74) is 1.46. The van der Waals surface area contributed by atoms with Crippen LogP contribution >= 0.6 is 0 Å². The maximum atomic E-state index is 11.4. The van der Waals surface area contributed by atoms with E-state index >= 15 is 0 Å². The first kappa shape index (κ1) is 17.5. The summed E-state index contributed by atoms with van der Waals surface area (Å²) in [6, 6.07) is 20.0. The van der Waals surface area contributed by atoms with Crippen molar-refractivity contribution in [2.75, 3.05) is 0 Å². The van der Waals surface area contributed by atoms with E-state index in [1.165, 1.54) is 31.4 Å². The number of para-hydroxylation sites is 1. The zero-order valence-corrected chi connectivity index (χ0v) is 14.2. The SMILES string of the molecule is C1CC1.O=C(O)c1ccccc1-c1ccccc1Oc1ccc([O-])cc1. The van der Waals surface area contributed by atoms with E-state index in [2.05, 4.69) is 0 Å². The normalized spacial score (nSPS) is 11.8. The Bertz CT molecular complexity index is 880. The van der Waals surface area contributed by atoms with Crippen molar-refractivity contribution in [3.05, 3.63) is 78.4 Å². The number of benzene rings is 3. The van der Waals surface area contributed by atoms with Gasteiger partial charge in [-0.15, -0.1) is 5.75 Å². The number of carbonyl (C=O) groups is 1. The topological polar surface area (TPSA) is 69.6 Å². The van der Waals surface area contributed by atoms with Crippen LogP contribution in [0.5, 0.6) is 17.2 Å². The highest BCUT2D eigenvalue weighted by molar-refractivity contribution is 5.96. The molecule has 0 saturated heterocycles. The molecule has 132 valence electrons. The van der Waals surface area contributed by atoms with Gasteiger partial charge in [-0.05, 0) is 29.8 Å². The molecule has 4 rings (SSSR count). The largest absolute Gasteiger partial charge is 0.872 e. The summed E-state index contributed by atoms with van der Waals surface area (Å²) in [6.45, 7) is 0. The molecule has 1 aliphatic rings. The Morgan fingerprint density at radius 1 is 0.808 bits per heavy atom. The number of ether oxygens (including phenoxy) is 1. The molecule has 26 heavy (non-hydrogen) atoms. The quantitative estimate of drug-likeness (QED) is 0.714. The highest BCUT2D eigenvalue weighted by atomic mass is 16.5. The lowest BCUT2D eigenvalue weighted by molar-refractivity contribution is -0.268. The minimum atomic E-state index is -0.994. The summed E-state index contributed by atoms with van der Waals surface area (Å²) in [5, 5.41) is 20.5. The predicted molar refractivity (Wildman–Crippen MR) is 98.7 cm³/mol. The molecule has 1 aliphatic carbocycles. The smallest absolute Gasteiger partial charge is 0.336 e. The first-order chi connectivity index (χ1) is 12.6. The van der Waals surface area contributed by atoms with Crippen LogP contribution in [0.15, 0.2) is 72.8 Å². The average molecular weight is 347 g/mol. The molecule has 1 saturated carbocycles. The molecule has 0 spiro atoms. The third kappa shape index (κ3) is 4.63. The van der Waals surface area contributed by atoms with Crippen molar-refractivity contribution in [1.82, 2.24) is 0 Å². The van der Waals surface area contributed by atoms with Gasteiger partial charge in [-0.2, -0.15) is 0 Å². The molecule has 0 unspecified atom stereocenters. The molecule has 0 heterocycles. The summed E-state index contributed by atoms with van der Waals surface area (Å²) in [4.78, 5) is 11.4.